The minimum Gasteiger partial charge on any atom is -0.445 e. The smallest absolute Gasteiger partial charge is 0.410 e. The molecule has 1 aromatic rings. The molecule has 1 unspecified atom stereocenters. The summed E-state index contributed by atoms with van der Waals surface area (Å²) in [6, 6.07) is 7.24. The molecule has 0 aliphatic carbocycles. The van der Waals surface area contributed by atoms with E-state index in [4.69, 9.17) is 13.3 Å². The molecule has 0 radical (unpaired) electrons. The third-order valence-electron chi connectivity index (χ3n) is 5.89. The van der Waals surface area contributed by atoms with Gasteiger partial charge < -0.3 is 9.16 Å². The van der Waals surface area contributed by atoms with Crippen LogP contribution in [0.25, 0.3) is 0 Å². The highest BCUT2D eigenvalue weighted by molar-refractivity contribution is 7.85. The van der Waals surface area contributed by atoms with Gasteiger partial charge in [0.05, 0.1) is 25.0 Å². The molecular weight excluding hydrogens is 434 g/mol. The van der Waals surface area contributed by atoms with E-state index >= 15 is 0 Å². The Morgan fingerprint density at radius 3 is 2.39 bits per heavy atom. The van der Waals surface area contributed by atoms with Crippen molar-refractivity contribution >= 4 is 24.5 Å². The molecule has 1 saturated heterocycles. The van der Waals surface area contributed by atoms with Gasteiger partial charge in [-0.05, 0) is 35.7 Å². The summed E-state index contributed by atoms with van der Waals surface area (Å²) in [6.45, 7) is 15.2. The van der Waals surface area contributed by atoms with E-state index in [1.807, 2.05) is 24.3 Å². The Hall–Kier alpha value is -1.68. The summed E-state index contributed by atoms with van der Waals surface area (Å²) in [4.78, 5) is 14.4. The van der Waals surface area contributed by atoms with Crippen LogP contribution in [0.1, 0.15) is 44.4 Å². The molecule has 0 bridgehead atoms. The molecule has 1 aliphatic rings. The lowest BCUT2D eigenvalue weighted by molar-refractivity contribution is 0.103. The number of ether oxygens (including phenoxy) is 1. The lowest BCUT2D eigenvalue weighted by Crippen LogP contribution is -2.44. The summed E-state index contributed by atoms with van der Waals surface area (Å²) >= 11 is 0. The molecule has 0 N–H and O–H groups in total. The zero-order chi connectivity index (χ0) is 23.4. The van der Waals surface area contributed by atoms with E-state index in [1.165, 1.54) is 0 Å². The predicted molar refractivity (Wildman–Crippen MR) is 124 cm³/mol. The van der Waals surface area contributed by atoms with E-state index in [9.17, 15) is 13.2 Å². The van der Waals surface area contributed by atoms with Gasteiger partial charge >= 0.3 is 6.09 Å². The van der Waals surface area contributed by atoms with Gasteiger partial charge in [-0.2, -0.15) is 8.42 Å². The SMILES string of the molecule is C=CCOC(=O)N1CC(O[Si](C)(C)C(C)(C)C)C[C@@H]1c1ccc(COS(C)(=O)=O)cc1. The maximum Gasteiger partial charge on any atom is 0.410 e. The summed E-state index contributed by atoms with van der Waals surface area (Å²) in [7, 11) is -5.50. The molecule has 0 spiro atoms. The van der Waals surface area contributed by atoms with Crippen LogP contribution in [-0.4, -0.2) is 53.2 Å². The number of hydrogen-bond donors (Lipinski definition) is 0. The van der Waals surface area contributed by atoms with Crippen LogP contribution in [0.2, 0.25) is 18.1 Å². The summed E-state index contributed by atoms with van der Waals surface area (Å²) < 4.78 is 39.2. The van der Waals surface area contributed by atoms with E-state index < -0.39 is 24.5 Å². The highest BCUT2D eigenvalue weighted by Gasteiger charge is 2.44. The summed E-state index contributed by atoms with van der Waals surface area (Å²) in [5.74, 6) is 0. The summed E-state index contributed by atoms with van der Waals surface area (Å²) in [6.07, 6.45) is 2.78. The third-order valence-corrected chi connectivity index (χ3v) is 11.0. The van der Waals surface area contributed by atoms with Crippen LogP contribution in [0.4, 0.5) is 4.79 Å². The van der Waals surface area contributed by atoms with Crippen LogP contribution in [-0.2, 0) is 30.1 Å². The van der Waals surface area contributed by atoms with Crippen molar-refractivity contribution in [2.24, 2.45) is 0 Å². The Balaban J connectivity index is 2.20. The number of hydrogen-bond acceptors (Lipinski definition) is 6. The molecule has 1 aromatic carbocycles. The van der Waals surface area contributed by atoms with Gasteiger partial charge in [0.2, 0.25) is 0 Å². The van der Waals surface area contributed by atoms with Crippen molar-refractivity contribution < 1.29 is 26.6 Å². The highest BCUT2D eigenvalue weighted by atomic mass is 32.2. The Morgan fingerprint density at radius 2 is 1.87 bits per heavy atom. The first kappa shape index (κ1) is 25.6. The fourth-order valence-corrected chi connectivity index (χ4v) is 4.93. The van der Waals surface area contributed by atoms with Gasteiger partial charge in [0.25, 0.3) is 10.1 Å². The van der Waals surface area contributed by atoms with E-state index in [0.717, 1.165) is 17.4 Å². The standard InChI is InChI=1S/C22H35NO6SSi/c1-8-13-27-21(24)23-15-19(29-31(6,7)22(2,3)4)14-20(23)18-11-9-17(10-12-18)16-28-30(5,25)26/h8-12,19-20H,1,13-16H2,2-7H3/t19?,20-/m1/s1. The molecule has 0 aromatic heterocycles. The van der Waals surface area contributed by atoms with Gasteiger partial charge in [-0.25, -0.2) is 4.79 Å². The van der Waals surface area contributed by atoms with Crippen LogP contribution in [0.5, 0.6) is 0 Å². The number of benzene rings is 1. The molecular formula is C22H35NO6SSi. The molecule has 0 saturated carbocycles. The van der Waals surface area contributed by atoms with Crippen LogP contribution < -0.4 is 0 Å². The van der Waals surface area contributed by atoms with Gasteiger partial charge in [-0.3, -0.25) is 9.08 Å². The fourth-order valence-electron chi connectivity index (χ4n) is 3.22. The summed E-state index contributed by atoms with van der Waals surface area (Å²) in [5.41, 5.74) is 1.68. The van der Waals surface area contributed by atoms with E-state index in [1.54, 1.807) is 11.0 Å². The second-order valence-electron chi connectivity index (χ2n) is 9.48. The van der Waals surface area contributed by atoms with Gasteiger partial charge in [0, 0.05) is 6.54 Å². The minimum absolute atomic E-state index is 0.0218. The van der Waals surface area contributed by atoms with E-state index in [2.05, 4.69) is 40.4 Å². The predicted octanol–water partition coefficient (Wildman–Crippen LogP) is 4.62. The quantitative estimate of drug-likeness (QED) is 0.314. The average molecular weight is 470 g/mol. The van der Waals surface area contributed by atoms with Crippen LogP contribution >= 0.6 is 0 Å². The van der Waals surface area contributed by atoms with Crippen molar-refractivity contribution in [2.45, 2.75) is 64.1 Å². The van der Waals surface area contributed by atoms with Gasteiger partial charge in [-0.1, -0.05) is 57.7 Å². The monoisotopic (exact) mass is 469 g/mol. The molecule has 174 valence electrons. The second-order valence-corrected chi connectivity index (χ2v) is 15.9. The molecule has 1 fully saturated rings. The Bertz CT molecular complexity index is 876. The lowest BCUT2D eigenvalue weighted by atomic mass is 10.0. The topological polar surface area (TPSA) is 82.1 Å². The Kier molecular flexibility index (Phi) is 8.13. The van der Waals surface area contributed by atoms with Crippen molar-refractivity contribution in [3.8, 4) is 0 Å². The molecule has 31 heavy (non-hydrogen) atoms. The highest BCUT2D eigenvalue weighted by Crippen LogP contribution is 2.41. The Morgan fingerprint density at radius 1 is 1.26 bits per heavy atom. The molecule has 1 amide bonds. The van der Waals surface area contributed by atoms with Crippen molar-refractivity contribution in [3.05, 3.63) is 48.0 Å². The third kappa shape index (κ3) is 7.17. The minimum atomic E-state index is -3.50. The molecule has 2 atom stereocenters. The average Bonchev–Trinajstić information content (AvgIpc) is 3.06. The summed E-state index contributed by atoms with van der Waals surface area (Å²) in [5, 5.41) is 0.0700. The van der Waals surface area contributed by atoms with Crippen LogP contribution in [0.15, 0.2) is 36.9 Å². The number of carbonyl (C=O) groups is 1. The molecule has 1 aliphatic heterocycles. The maximum atomic E-state index is 12.7. The number of carbonyl (C=O) groups excluding carboxylic acids is 1. The number of rotatable bonds is 8. The number of amides is 1. The largest absolute Gasteiger partial charge is 0.445 e. The van der Waals surface area contributed by atoms with Crippen molar-refractivity contribution in [3.63, 3.8) is 0 Å². The molecule has 9 heteroatoms. The number of likely N-dealkylation sites (tertiary alicyclic amines) is 1. The number of nitrogens with zero attached hydrogens (tertiary/aromatic N) is 1. The molecule has 1 heterocycles. The first-order valence-corrected chi connectivity index (χ1v) is 15.1. The van der Waals surface area contributed by atoms with E-state index in [0.29, 0.717) is 13.0 Å². The van der Waals surface area contributed by atoms with Crippen molar-refractivity contribution in [1.29, 1.82) is 0 Å². The second kappa shape index (κ2) is 9.85. The van der Waals surface area contributed by atoms with Crippen molar-refractivity contribution in [1.82, 2.24) is 4.90 Å². The maximum absolute atomic E-state index is 12.7. The Labute approximate surface area is 187 Å². The fraction of sp³-hybridized carbons (Fsp3) is 0.591. The lowest BCUT2D eigenvalue weighted by Gasteiger charge is -2.38. The van der Waals surface area contributed by atoms with Gasteiger partial charge in [0.15, 0.2) is 8.32 Å². The van der Waals surface area contributed by atoms with Crippen LogP contribution in [0.3, 0.4) is 0 Å². The van der Waals surface area contributed by atoms with Crippen LogP contribution in [0, 0.1) is 0 Å². The zero-order valence-corrected chi connectivity index (χ0v) is 21.2. The molecule has 2 rings (SSSR count). The zero-order valence-electron chi connectivity index (χ0n) is 19.4. The first-order valence-electron chi connectivity index (χ1n) is 10.4. The molecule has 7 nitrogen and oxygen atoms in total. The van der Waals surface area contributed by atoms with Gasteiger partial charge in [-0.15, -0.1) is 0 Å². The normalized spacial score (nSPS) is 20.0. The van der Waals surface area contributed by atoms with Gasteiger partial charge in [0.1, 0.15) is 6.61 Å². The van der Waals surface area contributed by atoms with E-state index in [-0.39, 0.29) is 30.4 Å². The first-order chi connectivity index (χ1) is 14.2. The van der Waals surface area contributed by atoms with Crippen molar-refractivity contribution in [2.75, 3.05) is 19.4 Å².